The normalized spacial score (nSPS) is 15.2. The van der Waals surface area contributed by atoms with Gasteiger partial charge in [0.05, 0.1) is 25.4 Å². The maximum atomic E-state index is 14.8. The molecule has 2 aromatic carbocycles. The highest BCUT2D eigenvalue weighted by molar-refractivity contribution is 5.89. The Morgan fingerprint density at radius 3 is 2.56 bits per heavy atom. The molecule has 0 unspecified atom stereocenters. The zero-order valence-corrected chi connectivity index (χ0v) is 21.2. The highest BCUT2D eigenvalue weighted by atomic mass is 19.1. The van der Waals surface area contributed by atoms with Crippen molar-refractivity contribution in [2.24, 2.45) is 0 Å². The van der Waals surface area contributed by atoms with E-state index >= 15 is 0 Å². The number of rotatable bonds is 9. The summed E-state index contributed by atoms with van der Waals surface area (Å²) >= 11 is 0. The molecule has 0 amide bonds. The second-order valence-corrected chi connectivity index (χ2v) is 9.63. The summed E-state index contributed by atoms with van der Waals surface area (Å²) in [6.07, 6.45) is 4.90. The summed E-state index contributed by atoms with van der Waals surface area (Å²) in [5, 5.41) is 8.47. The van der Waals surface area contributed by atoms with Crippen LogP contribution < -0.4 is 0 Å². The van der Waals surface area contributed by atoms with Crippen molar-refractivity contribution in [3.05, 3.63) is 71.2 Å². The molecule has 0 atom stereocenters. The fraction of sp³-hybridized carbons (Fsp3) is 0.464. The predicted molar refractivity (Wildman–Crippen MR) is 135 cm³/mol. The molecule has 1 aromatic heterocycles. The molecular weight excluding hydrogens is 462 g/mol. The van der Waals surface area contributed by atoms with E-state index in [0.717, 1.165) is 31.5 Å². The van der Waals surface area contributed by atoms with Gasteiger partial charge in [-0.1, -0.05) is 43.3 Å². The van der Waals surface area contributed by atoms with Gasteiger partial charge in [-0.25, -0.2) is 18.3 Å². The van der Waals surface area contributed by atoms with Gasteiger partial charge in [0.2, 0.25) is 0 Å². The molecule has 8 heteroatoms. The molecule has 1 aliphatic heterocycles. The summed E-state index contributed by atoms with van der Waals surface area (Å²) < 4.78 is 35.5. The number of aromatic nitrogens is 3. The van der Waals surface area contributed by atoms with Crippen LogP contribution in [-0.2, 0) is 11.3 Å². The van der Waals surface area contributed by atoms with Crippen LogP contribution in [0.15, 0.2) is 48.7 Å². The first-order chi connectivity index (χ1) is 17.3. The molecule has 0 spiro atoms. The smallest absolute Gasteiger partial charge is 0.337 e. The molecule has 1 aliphatic rings. The highest BCUT2D eigenvalue weighted by Crippen LogP contribution is 2.32. The third kappa shape index (κ3) is 5.98. The summed E-state index contributed by atoms with van der Waals surface area (Å²) in [5.74, 6) is -0.645. The van der Waals surface area contributed by atoms with Gasteiger partial charge in [0.1, 0.15) is 17.2 Å². The summed E-state index contributed by atoms with van der Waals surface area (Å²) in [6, 6.07) is 12.6. The molecule has 192 valence electrons. The SMILES string of the molecule is CCC(F)(CC)CN1CCC(c2cccc(-c3cn(Cc4ccc(C(=O)OC)cc4F)nn3)c2)CC1. The Kier molecular flexibility index (Phi) is 8.14. The van der Waals surface area contributed by atoms with Gasteiger partial charge in [0.15, 0.2) is 0 Å². The van der Waals surface area contributed by atoms with Crippen molar-refractivity contribution >= 4 is 5.97 Å². The van der Waals surface area contributed by atoms with Gasteiger partial charge in [-0.15, -0.1) is 5.10 Å². The van der Waals surface area contributed by atoms with Gasteiger partial charge in [0.25, 0.3) is 0 Å². The van der Waals surface area contributed by atoms with Crippen molar-refractivity contribution in [1.29, 1.82) is 0 Å². The number of alkyl halides is 1. The van der Waals surface area contributed by atoms with Crippen LogP contribution in [0.25, 0.3) is 11.3 Å². The molecule has 3 aromatic rings. The number of piperidine rings is 1. The molecule has 0 saturated carbocycles. The Bertz CT molecular complexity index is 1180. The number of hydrogen-bond acceptors (Lipinski definition) is 5. The topological polar surface area (TPSA) is 60.2 Å². The van der Waals surface area contributed by atoms with E-state index in [9.17, 15) is 13.6 Å². The maximum Gasteiger partial charge on any atom is 0.337 e. The Labute approximate surface area is 211 Å². The molecule has 0 radical (unpaired) electrons. The van der Waals surface area contributed by atoms with Crippen LogP contribution in [0.1, 0.15) is 66.9 Å². The third-order valence-corrected chi connectivity index (χ3v) is 7.36. The van der Waals surface area contributed by atoms with Crippen molar-refractivity contribution in [1.82, 2.24) is 19.9 Å². The molecule has 2 heterocycles. The third-order valence-electron chi connectivity index (χ3n) is 7.36. The zero-order chi connectivity index (χ0) is 25.7. The Morgan fingerprint density at radius 1 is 1.14 bits per heavy atom. The largest absolute Gasteiger partial charge is 0.465 e. The maximum absolute atomic E-state index is 14.8. The first-order valence-corrected chi connectivity index (χ1v) is 12.6. The van der Waals surface area contributed by atoms with E-state index < -0.39 is 17.5 Å². The van der Waals surface area contributed by atoms with Gasteiger partial charge in [-0.05, 0) is 68.5 Å². The van der Waals surface area contributed by atoms with E-state index in [4.69, 9.17) is 0 Å². The van der Waals surface area contributed by atoms with Gasteiger partial charge >= 0.3 is 5.97 Å². The highest BCUT2D eigenvalue weighted by Gasteiger charge is 2.30. The standard InChI is InChI=1S/C28H34F2N4O2/c1-4-28(30,5-2)19-33-13-11-20(12-14-33)21-7-6-8-22(15-21)26-18-34(32-31-26)17-24-10-9-23(16-25(24)29)27(35)36-3/h6-10,15-16,18,20H,4-5,11-14,17,19H2,1-3H3. The summed E-state index contributed by atoms with van der Waals surface area (Å²) in [6.45, 7) is 6.37. The van der Waals surface area contributed by atoms with Gasteiger partial charge < -0.3 is 9.64 Å². The van der Waals surface area contributed by atoms with Crippen molar-refractivity contribution in [2.45, 2.75) is 57.7 Å². The van der Waals surface area contributed by atoms with Crippen LogP contribution in [-0.4, -0.2) is 58.3 Å². The number of carbonyl (C=O) groups is 1. The molecule has 36 heavy (non-hydrogen) atoms. The molecule has 0 bridgehead atoms. The number of ether oxygens (including phenoxy) is 1. The van der Waals surface area contributed by atoms with Crippen LogP contribution in [0.4, 0.5) is 8.78 Å². The summed E-state index contributed by atoms with van der Waals surface area (Å²) in [7, 11) is 1.26. The van der Waals surface area contributed by atoms with E-state index in [1.165, 1.54) is 24.8 Å². The Hall–Kier alpha value is -3.13. The summed E-state index contributed by atoms with van der Waals surface area (Å²) in [4.78, 5) is 13.9. The first kappa shape index (κ1) is 25.9. The van der Waals surface area contributed by atoms with E-state index in [2.05, 4.69) is 32.1 Å². The van der Waals surface area contributed by atoms with Crippen LogP contribution in [0.5, 0.6) is 0 Å². The number of carbonyl (C=O) groups excluding carboxylic acids is 1. The van der Waals surface area contributed by atoms with Gasteiger partial charge in [-0.3, -0.25) is 0 Å². The Balaban J connectivity index is 1.40. The summed E-state index contributed by atoms with van der Waals surface area (Å²) in [5.41, 5.74) is 2.41. The van der Waals surface area contributed by atoms with Gasteiger partial charge in [0, 0.05) is 17.7 Å². The minimum atomic E-state index is -1.09. The number of hydrogen-bond donors (Lipinski definition) is 0. The average molecular weight is 497 g/mol. The molecule has 1 saturated heterocycles. The van der Waals surface area contributed by atoms with Gasteiger partial charge in [-0.2, -0.15) is 0 Å². The Morgan fingerprint density at radius 2 is 1.89 bits per heavy atom. The van der Waals surface area contributed by atoms with Crippen molar-refractivity contribution in [3.63, 3.8) is 0 Å². The lowest BCUT2D eigenvalue weighted by molar-refractivity contribution is 0.0600. The molecule has 6 nitrogen and oxygen atoms in total. The van der Waals surface area contributed by atoms with E-state index in [-0.39, 0.29) is 12.1 Å². The molecule has 4 rings (SSSR count). The van der Waals surface area contributed by atoms with Crippen LogP contribution in [0.2, 0.25) is 0 Å². The van der Waals surface area contributed by atoms with Crippen molar-refractivity contribution < 1.29 is 18.3 Å². The van der Waals surface area contributed by atoms with Crippen LogP contribution >= 0.6 is 0 Å². The molecular formula is C28H34F2N4O2. The lowest BCUT2D eigenvalue weighted by atomic mass is 9.87. The molecule has 0 N–H and O–H groups in total. The lowest BCUT2D eigenvalue weighted by Crippen LogP contribution is -2.42. The fourth-order valence-corrected chi connectivity index (χ4v) is 4.85. The lowest BCUT2D eigenvalue weighted by Gasteiger charge is -2.36. The molecule has 0 aliphatic carbocycles. The fourth-order valence-electron chi connectivity index (χ4n) is 4.85. The van der Waals surface area contributed by atoms with E-state index in [0.29, 0.717) is 36.6 Å². The average Bonchev–Trinajstić information content (AvgIpc) is 3.38. The van der Waals surface area contributed by atoms with E-state index in [1.807, 2.05) is 26.0 Å². The first-order valence-electron chi connectivity index (χ1n) is 12.6. The minimum Gasteiger partial charge on any atom is -0.465 e. The zero-order valence-electron chi connectivity index (χ0n) is 21.2. The number of likely N-dealkylation sites (tertiary alicyclic amines) is 1. The number of methoxy groups -OCH3 is 1. The second kappa shape index (κ2) is 11.3. The predicted octanol–water partition coefficient (Wildman–Crippen LogP) is 5.63. The van der Waals surface area contributed by atoms with E-state index in [1.54, 1.807) is 16.9 Å². The quantitative estimate of drug-likeness (QED) is 0.360. The van der Waals surface area contributed by atoms with Crippen LogP contribution in [0, 0.1) is 5.82 Å². The second-order valence-electron chi connectivity index (χ2n) is 9.63. The number of benzene rings is 2. The monoisotopic (exact) mass is 496 g/mol. The molecule has 1 fully saturated rings. The van der Waals surface area contributed by atoms with Crippen molar-refractivity contribution in [2.75, 3.05) is 26.7 Å². The number of nitrogens with zero attached hydrogens (tertiary/aromatic N) is 4. The number of esters is 1. The number of halogens is 2. The van der Waals surface area contributed by atoms with Crippen LogP contribution in [0.3, 0.4) is 0 Å². The minimum absolute atomic E-state index is 0.167. The van der Waals surface area contributed by atoms with Crippen molar-refractivity contribution in [3.8, 4) is 11.3 Å².